The maximum absolute atomic E-state index is 11.0. The zero-order valence-electron chi connectivity index (χ0n) is 20.0. The number of ether oxygens (including phenoxy) is 1. The van der Waals surface area contributed by atoms with Crippen LogP contribution in [0.4, 0.5) is 0 Å². The van der Waals surface area contributed by atoms with Gasteiger partial charge in [-0.05, 0) is 68.1 Å². The summed E-state index contributed by atoms with van der Waals surface area (Å²) < 4.78 is 5.90. The molecule has 34 heavy (non-hydrogen) atoms. The van der Waals surface area contributed by atoms with Crippen molar-refractivity contribution >= 4 is 5.84 Å². The summed E-state index contributed by atoms with van der Waals surface area (Å²) >= 11 is 0. The van der Waals surface area contributed by atoms with E-state index in [1.807, 2.05) is 43.3 Å². The summed E-state index contributed by atoms with van der Waals surface area (Å²) in [5.74, 6) is 1.11. The number of nitro groups is 1. The minimum Gasteiger partial charge on any atom is -0.494 e. The Kier molecular flexibility index (Phi) is 10.3. The lowest BCUT2D eigenvalue weighted by Crippen LogP contribution is -2.32. The van der Waals surface area contributed by atoms with Gasteiger partial charge in [-0.15, -0.1) is 0 Å². The van der Waals surface area contributed by atoms with Crippen LogP contribution in [0, 0.1) is 17.0 Å². The summed E-state index contributed by atoms with van der Waals surface area (Å²) in [7, 11) is 0. The fourth-order valence-corrected chi connectivity index (χ4v) is 4.14. The van der Waals surface area contributed by atoms with E-state index in [4.69, 9.17) is 4.74 Å². The highest BCUT2D eigenvalue weighted by molar-refractivity contribution is 5.83. The molecule has 3 rings (SSSR count). The molecule has 1 saturated heterocycles. The van der Waals surface area contributed by atoms with Crippen LogP contribution in [-0.2, 0) is 6.54 Å². The molecule has 1 aliphatic heterocycles. The molecular weight excluding hydrogens is 432 g/mol. The zero-order chi connectivity index (χ0) is 24.2. The first-order chi connectivity index (χ1) is 16.5. The van der Waals surface area contributed by atoms with E-state index in [2.05, 4.69) is 27.3 Å². The van der Waals surface area contributed by atoms with Gasteiger partial charge in [-0.2, -0.15) is 0 Å². The Morgan fingerprint density at radius 3 is 2.76 bits per heavy atom. The van der Waals surface area contributed by atoms with E-state index in [1.165, 1.54) is 24.8 Å². The molecule has 0 radical (unpaired) electrons. The first-order valence-electron chi connectivity index (χ1n) is 12.1. The third kappa shape index (κ3) is 8.76. The maximum atomic E-state index is 11.0. The van der Waals surface area contributed by atoms with Crippen molar-refractivity contribution in [2.45, 2.75) is 45.3 Å². The first kappa shape index (κ1) is 25.6. The van der Waals surface area contributed by atoms with Crippen LogP contribution in [0.5, 0.6) is 5.75 Å². The molecule has 0 aromatic heterocycles. The van der Waals surface area contributed by atoms with Crippen molar-refractivity contribution in [1.82, 2.24) is 10.2 Å². The van der Waals surface area contributed by atoms with Gasteiger partial charge in [0, 0.05) is 18.0 Å². The second-order valence-corrected chi connectivity index (χ2v) is 8.76. The van der Waals surface area contributed by atoms with Crippen LogP contribution in [0.25, 0.3) is 0 Å². The number of aliphatic hydroxyl groups excluding tert-OH is 1. The van der Waals surface area contributed by atoms with Crippen LogP contribution >= 0.6 is 0 Å². The monoisotopic (exact) mass is 468 g/mol. The number of amidine groups is 1. The Morgan fingerprint density at radius 1 is 1.21 bits per heavy atom. The van der Waals surface area contributed by atoms with Gasteiger partial charge in [0.15, 0.2) is 5.84 Å². The molecule has 1 fully saturated rings. The fourth-order valence-electron chi connectivity index (χ4n) is 4.14. The number of benzene rings is 2. The Bertz CT molecular complexity index is 944. The van der Waals surface area contributed by atoms with Gasteiger partial charge in [0.2, 0.25) is 0 Å². The number of nitrogens with one attached hydrogen (secondary N) is 1. The van der Waals surface area contributed by atoms with E-state index in [1.54, 1.807) is 0 Å². The van der Waals surface area contributed by atoms with E-state index < -0.39 is 17.6 Å². The highest BCUT2D eigenvalue weighted by Crippen LogP contribution is 2.18. The largest absolute Gasteiger partial charge is 0.494 e. The Morgan fingerprint density at radius 2 is 2.00 bits per heavy atom. The van der Waals surface area contributed by atoms with Crippen LogP contribution in [0.15, 0.2) is 53.5 Å². The quantitative estimate of drug-likeness (QED) is 0.162. The Labute approximate surface area is 201 Å². The second-order valence-electron chi connectivity index (χ2n) is 8.76. The average molecular weight is 469 g/mol. The number of likely N-dealkylation sites (tertiary alicyclic amines) is 1. The van der Waals surface area contributed by atoms with Crippen molar-refractivity contribution in [2.24, 2.45) is 4.99 Å². The van der Waals surface area contributed by atoms with Crippen molar-refractivity contribution in [3.8, 4) is 5.75 Å². The Hall–Kier alpha value is -2.97. The minimum absolute atomic E-state index is 0.0708. The summed E-state index contributed by atoms with van der Waals surface area (Å²) in [6, 6.07) is 15.7. The molecule has 0 aliphatic carbocycles. The number of aliphatic hydroxyl groups is 1. The van der Waals surface area contributed by atoms with Gasteiger partial charge in [0.1, 0.15) is 5.75 Å². The molecule has 1 unspecified atom stereocenters. The lowest BCUT2D eigenvalue weighted by atomic mass is 10.0. The molecule has 8 nitrogen and oxygen atoms in total. The van der Waals surface area contributed by atoms with Crippen LogP contribution in [0.1, 0.15) is 48.5 Å². The normalized spacial score (nSPS) is 15.6. The number of hydrogen-bond donors (Lipinski definition) is 2. The van der Waals surface area contributed by atoms with Gasteiger partial charge >= 0.3 is 0 Å². The third-order valence-corrected chi connectivity index (χ3v) is 5.95. The van der Waals surface area contributed by atoms with Gasteiger partial charge in [0.05, 0.1) is 19.3 Å². The van der Waals surface area contributed by atoms with Gasteiger partial charge in [-0.1, -0.05) is 42.8 Å². The number of rotatable bonds is 12. The molecule has 2 aromatic carbocycles. The fraction of sp³-hybridized carbons (Fsp3) is 0.500. The molecular formula is C26H36N4O4. The highest BCUT2D eigenvalue weighted by Gasteiger charge is 2.13. The zero-order valence-corrected chi connectivity index (χ0v) is 20.0. The summed E-state index contributed by atoms with van der Waals surface area (Å²) in [5, 5.41) is 24.5. The second kappa shape index (κ2) is 13.7. The lowest BCUT2D eigenvalue weighted by molar-refractivity contribution is -0.463. The van der Waals surface area contributed by atoms with E-state index in [-0.39, 0.29) is 12.4 Å². The lowest BCUT2D eigenvalue weighted by Gasteiger charge is -2.26. The van der Waals surface area contributed by atoms with Crippen LogP contribution < -0.4 is 10.1 Å². The van der Waals surface area contributed by atoms with Crippen LogP contribution in [-0.4, -0.2) is 60.1 Å². The van der Waals surface area contributed by atoms with E-state index >= 15 is 0 Å². The molecule has 0 saturated carbocycles. The average Bonchev–Trinajstić information content (AvgIpc) is 2.83. The molecule has 0 amide bonds. The van der Waals surface area contributed by atoms with Gasteiger partial charge < -0.3 is 15.2 Å². The van der Waals surface area contributed by atoms with Crippen molar-refractivity contribution < 1.29 is 14.8 Å². The van der Waals surface area contributed by atoms with Gasteiger partial charge in [-0.3, -0.25) is 20.0 Å². The number of aryl methyl sites for hydroxylation is 1. The molecule has 8 heteroatoms. The summed E-state index contributed by atoms with van der Waals surface area (Å²) in [6.07, 6.45) is 3.75. The standard InChI is InChI=1S/C26H36N4O4/c1-21-9-3-4-12-24(21)25(31)18-28-26(20-30(32)33)27-13-8-16-34-23-11-7-10-22(17-23)19-29-14-5-2-6-15-29/h3-4,7,9-12,17,25,31H,2,5-6,8,13-16,18-20H2,1H3,(H,27,28). The van der Waals surface area contributed by atoms with Crippen molar-refractivity contribution in [1.29, 1.82) is 0 Å². The number of hydrogen-bond acceptors (Lipinski definition) is 6. The van der Waals surface area contributed by atoms with Crippen LogP contribution in [0.3, 0.4) is 0 Å². The summed E-state index contributed by atoms with van der Waals surface area (Å²) in [4.78, 5) is 17.4. The van der Waals surface area contributed by atoms with E-state index in [9.17, 15) is 15.2 Å². The number of aliphatic imine (C=N–C) groups is 1. The topological polar surface area (TPSA) is 100 Å². The number of nitrogens with zero attached hydrogens (tertiary/aromatic N) is 3. The molecule has 2 aromatic rings. The molecule has 1 heterocycles. The summed E-state index contributed by atoms with van der Waals surface area (Å²) in [5.41, 5.74) is 3.00. The van der Waals surface area contributed by atoms with E-state index in [0.717, 1.165) is 36.5 Å². The molecule has 0 bridgehead atoms. The predicted octanol–water partition coefficient (Wildman–Crippen LogP) is 3.75. The predicted molar refractivity (Wildman–Crippen MR) is 134 cm³/mol. The van der Waals surface area contributed by atoms with Crippen LogP contribution in [0.2, 0.25) is 0 Å². The molecule has 184 valence electrons. The molecule has 1 atom stereocenters. The molecule has 1 aliphatic rings. The summed E-state index contributed by atoms with van der Waals surface area (Å²) in [6.45, 7) is 5.86. The Balaban J connectivity index is 1.43. The number of piperidine rings is 1. The maximum Gasteiger partial charge on any atom is 0.259 e. The first-order valence-corrected chi connectivity index (χ1v) is 12.1. The van der Waals surface area contributed by atoms with Gasteiger partial charge in [-0.25, -0.2) is 0 Å². The van der Waals surface area contributed by atoms with Crippen molar-refractivity contribution in [2.75, 3.05) is 39.3 Å². The van der Waals surface area contributed by atoms with Crippen molar-refractivity contribution in [3.63, 3.8) is 0 Å². The molecule has 2 N–H and O–H groups in total. The third-order valence-electron chi connectivity index (χ3n) is 5.95. The SMILES string of the molecule is Cc1ccccc1C(O)CN=C(C[N+](=O)[O-])NCCCOc1cccc(CN2CCCCC2)c1. The highest BCUT2D eigenvalue weighted by atomic mass is 16.6. The van der Waals surface area contributed by atoms with Gasteiger partial charge in [0.25, 0.3) is 6.54 Å². The minimum atomic E-state index is -0.801. The molecule has 0 spiro atoms. The van der Waals surface area contributed by atoms with E-state index in [0.29, 0.717) is 19.6 Å². The van der Waals surface area contributed by atoms with Crippen molar-refractivity contribution in [3.05, 3.63) is 75.3 Å². The smallest absolute Gasteiger partial charge is 0.259 e.